The molecule has 4 N–H and O–H groups in total. The van der Waals surface area contributed by atoms with Gasteiger partial charge in [0, 0.05) is 18.3 Å². The Hall–Kier alpha value is -3.51. The Balaban J connectivity index is 1.51. The van der Waals surface area contributed by atoms with E-state index < -0.39 is 0 Å². The highest BCUT2D eigenvalue weighted by Crippen LogP contribution is 2.32. The van der Waals surface area contributed by atoms with Crippen LogP contribution in [0.5, 0.6) is 5.75 Å². The fraction of sp³-hybridized carbons (Fsp3) is 0.235. The maximum absolute atomic E-state index is 8.76. The van der Waals surface area contributed by atoms with Crippen molar-refractivity contribution in [3.63, 3.8) is 0 Å². The summed E-state index contributed by atoms with van der Waals surface area (Å²) < 4.78 is 6.00. The van der Waals surface area contributed by atoms with Crippen molar-refractivity contribution < 1.29 is 4.74 Å². The summed E-state index contributed by atoms with van der Waals surface area (Å²) in [7, 11) is 0. The number of hydrogen-bond donors (Lipinski definition) is 3. The largest absolute Gasteiger partial charge is 0.488 e. The molecule has 26 heavy (non-hydrogen) atoms. The fourth-order valence-electron chi connectivity index (χ4n) is 2.66. The molecule has 1 saturated carbocycles. The van der Waals surface area contributed by atoms with E-state index >= 15 is 0 Å². The summed E-state index contributed by atoms with van der Waals surface area (Å²) in [6.07, 6.45) is 6.39. The lowest BCUT2D eigenvalue weighted by atomic mass is 9.90. The summed E-state index contributed by atoms with van der Waals surface area (Å²) in [5.74, 6) is 1.74. The maximum atomic E-state index is 8.76. The Morgan fingerprint density at radius 3 is 2.85 bits per heavy atom. The second kappa shape index (κ2) is 6.78. The van der Waals surface area contributed by atoms with Gasteiger partial charge in [-0.15, -0.1) is 0 Å². The standard InChI is InChI=1S/C17H16N8O/c18-7-11-8-22-16(9-21-11)23-15-6-13(24-25-15)17-14(2-1-3-20-17)26-12-4-10(19)5-12/h1-3,6,8-10,12H,4-5,19H2,(H2,22,23,24,25)/t10-,12-. The van der Waals surface area contributed by atoms with Crippen molar-refractivity contribution in [2.75, 3.05) is 5.32 Å². The van der Waals surface area contributed by atoms with Gasteiger partial charge in [-0.25, -0.2) is 9.97 Å². The normalized spacial score (nSPS) is 18.6. The van der Waals surface area contributed by atoms with E-state index in [0.29, 0.717) is 28.8 Å². The third kappa shape index (κ3) is 3.31. The molecule has 0 radical (unpaired) electrons. The van der Waals surface area contributed by atoms with Crippen molar-refractivity contribution in [1.82, 2.24) is 25.1 Å². The van der Waals surface area contributed by atoms with Crippen LogP contribution in [0.4, 0.5) is 11.6 Å². The van der Waals surface area contributed by atoms with Crippen LogP contribution in [-0.4, -0.2) is 37.3 Å². The van der Waals surface area contributed by atoms with Crippen LogP contribution >= 0.6 is 0 Å². The first kappa shape index (κ1) is 16.0. The molecule has 0 atom stereocenters. The van der Waals surface area contributed by atoms with Crippen molar-refractivity contribution in [3.05, 3.63) is 42.5 Å². The van der Waals surface area contributed by atoms with E-state index in [9.17, 15) is 0 Å². The molecule has 130 valence electrons. The Labute approximate surface area is 149 Å². The first-order chi connectivity index (χ1) is 12.7. The molecule has 0 aromatic carbocycles. The van der Waals surface area contributed by atoms with E-state index in [0.717, 1.165) is 12.8 Å². The molecule has 1 aliphatic carbocycles. The number of nitrogens with zero attached hydrogens (tertiary/aromatic N) is 5. The Bertz CT molecular complexity index is 940. The maximum Gasteiger partial charge on any atom is 0.158 e. The highest BCUT2D eigenvalue weighted by atomic mass is 16.5. The average molecular weight is 348 g/mol. The van der Waals surface area contributed by atoms with Crippen LogP contribution in [0.25, 0.3) is 11.4 Å². The summed E-state index contributed by atoms with van der Waals surface area (Å²) >= 11 is 0. The number of nitrogens with one attached hydrogen (secondary N) is 2. The molecule has 3 aromatic rings. The summed E-state index contributed by atoms with van der Waals surface area (Å²) in [4.78, 5) is 12.5. The lowest BCUT2D eigenvalue weighted by Gasteiger charge is -2.32. The van der Waals surface area contributed by atoms with Crippen molar-refractivity contribution in [2.45, 2.75) is 25.0 Å². The molecule has 0 bridgehead atoms. The minimum atomic E-state index is 0.127. The zero-order valence-corrected chi connectivity index (χ0v) is 13.8. The van der Waals surface area contributed by atoms with Gasteiger partial charge < -0.3 is 15.8 Å². The van der Waals surface area contributed by atoms with E-state index in [-0.39, 0.29) is 17.8 Å². The number of ether oxygens (including phenoxy) is 1. The number of aromatic amines is 1. The van der Waals surface area contributed by atoms with Crippen molar-refractivity contribution in [3.8, 4) is 23.2 Å². The molecule has 9 heteroatoms. The molecule has 0 spiro atoms. The van der Waals surface area contributed by atoms with Gasteiger partial charge in [-0.2, -0.15) is 10.4 Å². The van der Waals surface area contributed by atoms with Crippen LogP contribution in [-0.2, 0) is 0 Å². The second-order valence-corrected chi connectivity index (χ2v) is 6.01. The predicted molar refractivity (Wildman–Crippen MR) is 93.5 cm³/mol. The van der Waals surface area contributed by atoms with Crippen molar-refractivity contribution in [1.29, 1.82) is 5.26 Å². The van der Waals surface area contributed by atoms with Crippen LogP contribution in [0.15, 0.2) is 36.8 Å². The zero-order chi connectivity index (χ0) is 17.9. The molecule has 3 heterocycles. The van der Waals surface area contributed by atoms with E-state index in [1.807, 2.05) is 24.3 Å². The van der Waals surface area contributed by atoms with Gasteiger partial charge in [-0.3, -0.25) is 10.1 Å². The van der Waals surface area contributed by atoms with Crippen LogP contribution < -0.4 is 15.8 Å². The molecular weight excluding hydrogens is 332 g/mol. The lowest BCUT2D eigenvalue weighted by molar-refractivity contribution is 0.101. The molecule has 0 unspecified atom stereocenters. The number of hydrogen-bond acceptors (Lipinski definition) is 8. The molecule has 0 aliphatic heterocycles. The van der Waals surface area contributed by atoms with E-state index in [2.05, 4.69) is 30.5 Å². The van der Waals surface area contributed by atoms with Gasteiger partial charge in [0.25, 0.3) is 0 Å². The molecule has 3 aromatic heterocycles. The van der Waals surface area contributed by atoms with E-state index in [4.69, 9.17) is 15.7 Å². The molecule has 9 nitrogen and oxygen atoms in total. The Morgan fingerprint density at radius 1 is 1.23 bits per heavy atom. The number of pyridine rings is 1. The Kier molecular flexibility index (Phi) is 4.17. The highest BCUT2D eigenvalue weighted by Gasteiger charge is 2.28. The highest BCUT2D eigenvalue weighted by molar-refractivity contribution is 5.66. The molecule has 0 amide bonds. The zero-order valence-electron chi connectivity index (χ0n) is 13.8. The topological polar surface area (TPSA) is 138 Å². The number of H-pyrrole nitrogens is 1. The quantitative estimate of drug-likeness (QED) is 0.634. The molecule has 0 saturated heterocycles. The lowest BCUT2D eigenvalue weighted by Crippen LogP contribution is -2.43. The van der Waals surface area contributed by atoms with Gasteiger partial charge in [-0.05, 0) is 25.0 Å². The monoisotopic (exact) mass is 348 g/mol. The van der Waals surface area contributed by atoms with Gasteiger partial charge in [0.05, 0.1) is 18.1 Å². The summed E-state index contributed by atoms with van der Waals surface area (Å²) in [6, 6.07) is 7.66. The predicted octanol–water partition coefficient (Wildman–Crippen LogP) is 1.75. The summed E-state index contributed by atoms with van der Waals surface area (Å²) in [6.45, 7) is 0. The first-order valence-electron chi connectivity index (χ1n) is 8.13. The van der Waals surface area contributed by atoms with E-state index in [1.165, 1.54) is 12.4 Å². The SMILES string of the molecule is N#Cc1cnc(Nc2cc(-c3ncccc3O[C@H]3C[C@H](N)C3)[nH]n2)cn1. The number of anilines is 2. The van der Waals surface area contributed by atoms with Gasteiger partial charge in [0.15, 0.2) is 11.5 Å². The summed E-state index contributed by atoms with van der Waals surface area (Å²) in [5, 5.41) is 18.9. The number of rotatable bonds is 5. The minimum absolute atomic E-state index is 0.127. The summed E-state index contributed by atoms with van der Waals surface area (Å²) in [5.41, 5.74) is 7.47. The second-order valence-electron chi connectivity index (χ2n) is 6.01. The smallest absolute Gasteiger partial charge is 0.158 e. The van der Waals surface area contributed by atoms with Crippen molar-refractivity contribution in [2.24, 2.45) is 5.73 Å². The Morgan fingerprint density at radius 2 is 2.12 bits per heavy atom. The molecular formula is C17H16N8O. The van der Waals surface area contributed by atoms with Gasteiger partial charge in [-0.1, -0.05) is 0 Å². The number of nitriles is 1. The third-order valence-electron chi connectivity index (χ3n) is 4.05. The number of aromatic nitrogens is 5. The van der Waals surface area contributed by atoms with E-state index in [1.54, 1.807) is 6.20 Å². The van der Waals surface area contributed by atoms with Crippen LogP contribution in [0, 0.1) is 11.3 Å². The molecule has 1 aliphatic rings. The first-order valence-corrected chi connectivity index (χ1v) is 8.13. The van der Waals surface area contributed by atoms with Crippen LogP contribution in [0.2, 0.25) is 0 Å². The van der Waals surface area contributed by atoms with Crippen LogP contribution in [0.1, 0.15) is 18.5 Å². The third-order valence-corrected chi connectivity index (χ3v) is 4.05. The van der Waals surface area contributed by atoms with Gasteiger partial charge in [0.1, 0.15) is 29.4 Å². The molecule has 1 fully saturated rings. The fourth-order valence-corrected chi connectivity index (χ4v) is 2.66. The van der Waals surface area contributed by atoms with Crippen LogP contribution in [0.3, 0.4) is 0 Å². The van der Waals surface area contributed by atoms with Crippen molar-refractivity contribution >= 4 is 11.6 Å². The minimum Gasteiger partial charge on any atom is -0.488 e. The number of nitrogens with two attached hydrogens (primary N) is 1. The van der Waals surface area contributed by atoms with Gasteiger partial charge >= 0.3 is 0 Å². The molecule has 4 rings (SSSR count). The average Bonchev–Trinajstić information content (AvgIpc) is 3.10. The van der Waals surface area contributed by atoms with Gasteiger partial charge in [0.2, 0.25) is 0 Å².